The number of rotatable bonds is 3. The lowest BCUT2D eigenvalue weighted by molar-refractivity contribution is 0.246. The lowest BCUT2D eigenvalue weighted by Gasteiger charge is -2.36. The summed E-state index contributed by atoms with van der Waals surface area (Å²) in [6.45, 7) is 3.18. The molecule has 6 nitrogen and oxygen atoms in total. The highest BCUT2D eigenvalue weighted by molar-refractivity contribution is 9.10. The number of hydrogen-bond acceptors (Lipinski definition) is 5. The molecule has 4 rings (SSSR count). The van der Waals surface area contributed by atoms with Gasteiger partial charge in [-0.2, -0.15) is 5.26 Å². The first kappa shape index (κ1) is 19.6. The van der Waals surface area contributed by atoms with Gasteiger partial charge < -0.3 is 9.47 Å². The van der Waals surface area contributed by atoms with Crippen LogP contribution in [0.15, 0.2) is 45.8 Å². The van der Waals surface area contributed by atoms with Crippen molar-refractivity contribution in [3.8, 4) is 6.07 Å². The second-order valence-corrected chi connectivity index (χ2v) is 7.87. The highest BCUT2D eigenvalue weighted by atomic mass is 79.9. The van der Waals surface area contributed by atoms with Crippen LogP contribution in [0.2, 0.25) is 0 Å². The van der Waals surface area contributed by atoms with E-state index >= 15 is 0 Å². The number of fused-ring (bicyclic) bond motifs is 1. The van der Waals surface area contributed by atoms with Gasteiger partial charge in [-0.1, -0.05) is 18.2 Å². The Morgan fingerprint density at radius 2 is 1.90 bits per heavy atom. The Bertz CT molecular complexity index is 1180. The van der Waals surface area contributed by atoms with Crippen LogP contribution in [0.1, 0.15) is 11.1 Å². The van der Waals surface area contributed by atoms with Gasteiger partial charge in [0.25, 0.3) is 5.56 Å². The van der Waals surface area contributed by atoms with Crippen LogP contribution in [0.3, 0.4) is 0 Å². The molecule has 0 saturated carbocycles. The summed E-state index contributed by atoms with van der Waals surface area (Å²) in [5.74, 6) is -0.201. The first-order valence-corrected chi connectivity index (χ1v) is 10.1. The van der Waals surface area contributed by atoms with Crippen LogP contribution >= 0.6 is 15.9 Å². The summed E-state index contributed by atoms with van der Waals surface area (Å²) in [5, 5.41) is 9.68. The van der Waals surface area contributed by atoms with Crippen molar-refractivity contribution in [2.24, 2.45) is 7.05 Å². The second-order valence-electron chi connectivity index (χ2n) is 7.06. The monoisotopic (exact) mass is 455 g/mol. The number of halogens is 2. The number of nitrogens with zero attached hydrogens (tertiary/aromatic N) is 5. The van der Waals surface area contributed by atoms with Gasteiger partial charge in [0.2, 0.25) is 0 Å². The average Bonchev–Trinajstić information content (AvgIpc) is 2.73. The van der Waals surface area contributed by atoms with Crippen molar-refractivity contribution < 1.29 is 4.39 Å². The first-order valence-electron chi connectivity index (χ1n) is 9.29. The van der Waals surface area contributed by atoms with E-state index in [-0.39, 0.29) is 16.9 Å². The quantitative estimate of drug-likeness (QED) is 0.567. The molecular formula is C21H19BrFN5O. The standard InChI is InChI=1S/C21H19BrFN5O/c1-26-17-6-7-18(22)25-19(17)20(15(12-24)21(26)29)28-10-8-27(9-11-28)13-14-4-2-3-5-16(14)23/h2-7H,8-11,13H2,1H3. The Kier molecular flexibility index (Phi) is 5.35. The maximum absolute atomic E-state index is 14.0. The second kappa shape index (κ2) is 7.93. The van der Waals surface area contributed by atoms with Crippen LogP contribution in [-0.2, 0) is 13.6 Å². The van der Waals surface area contributed by atoms with Crippen molar-refractivity contribution in [2.45, 2.75) is 6.54 Å². The summed E-state index contributed by atoms with van der Waals surface area (Å²) in [4.78, 5) is 21.5. The summed E-state index contributed by atoms with van der Waals surface area (Å²) >= 11 is 3.39. The normalized spacial score (nSPS) is 14.9. The van der Waals surface area contributed by atoms with E-state index in [1.807, 2.05) is 17.0 Å². The number of pyridine rings is 2. The Balaban J connectivity index is 1.66. The van der Waals surface area contributed by atoms with Crippen molar-refractivity contribution in [2.75, 3.05) is 31.1 Å². The van der Waals surface area contributed by atoms with E-state index in [2.05, 4.69) is 31.9 Å². The number of aryl methyl sites for hydroxylation is 1. The molecule has 1 aliphatic rings. The molecule has 0 N–H and O–H groups in total. The fourth-order valence-electron chi connectivity index (χ4n) is 3.78. The van der Waals surface area contributed by atoms with E-state index in [4.69, 9.17) is 0 Å². The van der Waals surface area contributed by atoms with Gasteiger partial charge in [0, 0.05) is 45.3 Å². The summed E-state index contributed by atoms with van der Waals surface area (Å²) < 4.78 is 16.1. The smallest absolute Gasteiger partial charge is 0.270 e. The molecule has 2 aromatic heterocycles. The summed E-state index contributed by atoms with van der Waals surface area (Å²) in [7, 11) is 1.65. The van der Waals surface area contributed by atoms with E-state index in [9.17, 15) is 14.4 Å². The van der Waals surface area contributed by atoms with Crippen LogP contribution < -0.4 is 10.5 Å². The zero-order valence-corrected chi connectivity index (χ0v) is 17.5. The van der Waals surface area contributed by atoms with Crippen molar-refractivity contribution in [1.82, 2.24) is 14.5 Å². The van der Waals surface area contributed by atoms with Gasteiger partial charge in [0.15, 0.2) is 0 Å². The number of benzene rings is 1. The molecule has 3 heterocycles. The Hall–Kier alpha value is -2.76. The van der Waals surface area contributed by atoms with Gasteiger partial charge in [-0.05, 0) is 34.1 Å². The molecule has 1 saturated heterocycles. The Morgan fingerprint density at radius 3 is 2.59 bits per heavy atom. The lowest BCUT2D eigenvalue weighted by Crippen LogP contribution is -2.47. The van der Waals surface area contributed by atoms with Gasteiger partial charge in [-0.3, -0.25) is 9.69 Å². The Labute approximate surface area is 175 Å². The molecule has 0 amide bonds. The first-order chi connectivity index (χ1) is 14.0. The minimum absolute atomic E-state index is 0.105. The third-order valence-corrected chi connectivity index (χ3v) is 5.77. The van der Waals surface area contributed by atoms with Crippen molar-refractivity contribution in [3.05, 3.63) is 68.3 Å². The molecule has 3 aromatic rings. The summed E-state index contributed by atoms with van der Waals surface area (Å²) in [5.41, 5.74) is 2.34. The maximum atomic E-state index is 14.0. The number of anilines is 1. The average molecular weight is 456 g/mol. The molecule has 1 fully saturated rings. The van der Waals surface area contributed by atoms with Crippen LogP contribution in [0.5, 0.6) is 0 Å². The molecule has 1 aromatic carbocycles. The minimum atomic E-state index is -0.326. The van der Waals surface area contributed by atoms with Crippen LogP contribution in [-0.4, -0.2) is 40.6 Å². The van der Waals surface area contributed by atoms with E-state index in [1.54, 1.807) is 25.2 Å². The maximum Gasteiger partial charge on any atom is 0.270 e. The van der Waals surface area contributed by atoms with Crippen molar-refractivity contribution >= 4 is 32.7 Å². The highest BCUT2D eigenvalue weighted by Crippen LogP contribution is 2.29. The predicted molar refractivity (Wildman–Crippen MR) is 113 cm³/mol. The number of aromatic nitrogens is 2. The minimum Gasteiger partial charge on any atom is -0.366 e. The number of nitriles is 1. The molecule has 0 spiro atoms. The molecule has 8 heteroatoms. The highest BCUT2D eigenvalue weighted by Gasteiger charge is 2.25. The van der Waals surface area contributed by atoms with Gasteiger partial charge >= 0.3 is 0 Å². The molecular weight excluding hydrogens is 437 g/mol. The fraction of sp³-hybridized carbons (Fsp3) is 0.286. The zero-order valence-electron chi connectivity index (χ0n) is 15.9. The van der Waals surface area contributed by atoms with Gasteiger partial charge in [0.05, 0.1) is 11.2 Å². The van der Waals surface area contributed by atoms with Gasteiger partial charge in [-0.25, -0.2) is 9.37 Å². The lowest BCUT2D eigenvalue weighted by atomic mass is 10.1. The molecule has 148 valence electrons. The molecule has 0 aliphatic carbocycles. The largest absolute Gasteiger partial charge is 0.366 e. The van der Waals surface area contributed by atoms with E-state index in [1.165, 1.54) is 10.6 Å². The van der Waals surface area contributed by atoms with E-state index in [0.29, 0.717) is 59.6 Å². The molecule has 0 atom stereocenters. The Morgan fingerprint density at radius 1 is 1.17 bits per heavy atom. The number of piperazine rings is 1. The molecule has 29 heavy (non-hydrogen) atoms. The predicted octanol–water partition coefficient (Wildman–Crippen LogP) is 3.03. The van der Waals surface area contributed by atoms with Crippen LogP contribution in [0.4, 0.5) is 10.1 Å². The third-order valence-electron chi connectivity index (χ3n) is 5.33. The van der Waals surface area contributed by atoms with Crippen LogP contribution in [0, 0.1) is 17.1 Å². The topological polar surface area (TPSA) is 65.2 Å². The van der Waals surface area contributed by atoms with Crippen molar-refractivity contribution in [1.29, 1.82) is 5.26 Å². The fourth-order valence-corrected chi connectivity index (χ4v) is 4.08. The van der Waals surface area contributed by atoms with E-state index in [0.717, 1.165) is 0 Å². The summed E-state index contributed by atoms with van der Waals surface area (Å²) in [6, 6.07) is 12.5. The molecule has 1 aliphatic heterocycles. The van der Waals surface area contributed by atoms with Crippen molar-refractivity contribution in [3.63, 3.8) is 0 Å². The SMILES string of the molecule is Cn1c(=O)c(C#N)c(N2CCN(Cc3ccccc3F)CC2)c2nc(Br)ccc21. The zero-order chi connectivity index (χ0) is 20.5. The van der Waals surface area contributed by atoms with Gasteiger partial charge in [0.1, 0.15) is 27.6 Å². The summed E-state index contributed by atoms with van der Waals surface area (Å²) in [6.07, 6.45) is 0. The molecule has 0 bridgehead atoms. The molecule has 0 unspecified atom stereocenters. The number of hydrogen-bond donors (Lipinski definition) is 0. The molecule has 0 radical (unpaired) electrons. The van der Waals surface area contributed by atoms with E-state index < -0.39 is 0 Å². The van der Waals surface area contributed by atoms with Gasteiger partial charge in [-0.15, -0.1) is 0 Å². The van der Waals surface area contributed by atoms with Crippen LogP contribution in [0.25, 0.3) is 11.0 Å². The third kappa shape index (κ3) is 3.63.